The van der Waals surface area contributed by atoms with E-state index < -0.39 is 0 Å². The van der Waals surface area contributed by atoms with Crippen LogP contribution in [0.5, 0.6) is 0 Å². The summed E-state index contributed by atoms with van der Waals surface area (Å²) in [7, 11) is 0. The fourth-order valence-electron chi connectivity index (χ4n) is 4.97. The van der Waals surface area contributed by atoms with Crippen LogP contribution in [0, 0.1) is 0 Å². The van der Waals surface area contributed by atoms with Gasteiger partial charge in [0, 0.05) is 6.42 Å². The van der Waals surface area contributed by atoms with E-state index >= 15 is 0 Å². The number of carbonyl (C=O) groups is 1. The SMILES string of the molecule is CCCCCCCC/C=C/CCCCCCCCOC(=O)CCCCCCC/C=C/C[C@H](O)CCCCCC. The Morgan fingerprint density at radius 3 is 1.56 bits per heavy atom. The second-order valence-electron chi connectivity index (χ2n) is 11.7. The van der Waals surface area contributed by atoms with Gasteiger partial charge in [0.25, 0.3) is 0 Å². The maximum absolute atomic E-state index is 11.9. The molecule has 0 aromatic carbocycles. The van der Waals surface area contributed by atoms with E-state index in [4.69, 9.17) is 4.74 Å². The Kier molecular flexibility index (Phi) is 32.2. The lowest BCUT2D eigenvalue weighted by atomic mass is 10.1. The molecule has 0 saturated heterocycles. The predicted molar refractivity (Wildman–Crippen MR) is 171 cm³/mol. The van der Waals surface area contributed by atoms with Gasteiger partial charge in [-0.3, -0.25) is 4.79 Å². The van der Waals surface area contributed by atoms with Gasteiger partial charge in [0.2, 0.25) is 0 Å². The van der Waals surface area contributed by atoms with E-state index in [0.29, 0.717) is 13.0 Å². The molecule has 1 atom stereocenters. The third-order valence-corrected chi connectivity index (χ3v) is 7.64. The monoisotopic (exact) mass is 549 g/mol. The van der Waals surface area contributed by atoms with Crippen LogP contribution in [-0.2, 0) is 9.53 Å². The van der Waals surface area contributed by atoms with Crippen molar-refractivity contribution in [2.24, 2.45) is 0 Å². The normalized spacial score (nSPS) is 12.6. The molecule has 230 valence electrons. The number of aliphatic hydroxyl groups is 1. The zero-order valence-corrected chi connectivity index (χ0v) is 26.4. The summed E-state index contributed by atoms with van der Waals surface area (Å²) < 4.78 is 5.41. The molecule has 0 aromatic rings. The fraction of sp³-hybridized carbons (Fsp3) is 0.861. The highest BCUT2D eigenvalue weighted by molar-refractivity contribution is 5.69. The van der Waals surface area contributed by atoms with Gasteiger partial charge in [-0.25, -0.2) is 0 Å². The van der Waals surface area contributed by atoms with E-state index in [1.165, 1.54) is 122 Å². The van der Waals surface area contributed by atoms with Gasteiger partial charge in [0.1, 0.15) is 0 Å². The molecule has 1 N–H and O–H groups in total. The summed E-state index contributed by atoms with van der Waals surface area (Å²) in [6.07, 6.45) is 41.1. The standard InChI is InChI=1S/C36H68O3/c1-3-5-7-9-10-11-12-13-14-15-16-17-20-23-26-30-34-39-36(38)33-29-25-22-19-18-21-24-28-32-35(37)31-27-8-6-4-2/h13-14,24,28,35,37H,3-12,15-23,25-27,29-34H2,1-2H3/b14-13+,28-24+/t35-/m1/s1. The molecule has 39 heavy (non-hydrogen) atoms. The minimum Gasteiger partial charge on any atom is -0.466 e. The van der Waals surface area contributed by atoms with Crippen molar-refractivity contribution in [1.82, 2.24) is 0 Å². The van der Waals surface area contributed by atoms with Crippen LogP contribution in [-0.4, -0.2) is 23.8 Å². The van der Waals surface area contributed by atoms with Crippen LogP contribution in [0.4, 0.5) is 0 Å². The van der Waals surface area contributed by atoms with Gasteiger partial charge in [-0.05, 0) is 64.2 Å². The fourth-order valence-corrected chi connectivity index (χ4v) is 4.97. The molecule has 0 aromatic heterocycles. The molecule has 3 nitrogen and oxygen atoms in total. The molecule has 0 aliphatic heterocycles. The first-order chi connectivity index (χ1) is 19.2. The highest BCUT2D eigenvalue weighted by Crippen LogP contribution is 2.12. The van der Waals surface area contributed by atoms with Crippen LogP contribution in [0.3, 0.4) is 0 Å². The van der Waals surface area contributed by atoms with Crippen molar-refractivity contribution < 1.29 is 14.6 Å². The summed E-state index contributed by atoms with van der Waals surface area (Å²) >= 11 is 0. The smallest absolute Gasteiger partial charge is 0.305 e. The van der Waals surface area contributed by atoms with Gasteiger partial charge >= 0.3 is 5.97 Å². The minimum atomic E-state index is -0.167. The van der Waals surface area contributed by atoms with Gasteiger partial charge < -0.3 is 9.84 Å². The molecular formula is C36H68O3. The summed E-state index contributed by atoms with van der Waals surface area (Å²) in [5, 5.41) is 9.98. The van der Waals surface area contributed by atoms with Crippen LogP contribution >= 0.6 is 0 Å². The zero-order chi connectivity index (χ0) is 28.5. The quantitative estimate of drug-likeness (QED) is 0.0532. The topological polar surface area (TPSA) is 46.5 Å². The van der Waals surface area contributed by atoms with E-state index in [2.05, 4.69) is 38.2 Å². The molecular weight excluding hydrogens is 480 g/mol. The van der Waals surface area contributed by atoms with Crippen LogP contribution in [0.25, 0.3) is 0 Å². The Balaban J connectivity index is 3.29. The van der Waals surface area contributed by atoms with Crippen molar-refractivity contribution in [3.05, 3.63) is 24.3 Å². The van der Waals surface area contributed by atoms with Crippen LogP contribution in [0.15, 0.2) is 24.3 Å². The van der Waals surface area contributed by atoms with Gasteiger partial charge in [-0.15, -0.1) is 0 Å². The third-order valence-electron chi connectivity index (χ3n) is 7.64. The highest BCUT2D eigenvalue weighted by Gasteiger charge is 2.03. The average Bonchev–Trinajstić information content (AvgIpc) is 2.93. The first kappa shape index (κ1) is 37.9. The number of unbranched alkanes of at least 4 members (excludes halogenated alkanes) is 20. The largest absolute Gasteiger partial charge is 0.466 e. The maximum atomic E-state index is 11.9. The molecule has 0 unspecified atom stereocenters. The van der Waals surface area contributed by atoms with Crippen LogP contribution < -0.4 is 0 Å². The predicted octanol–water partition coefficient (Wildman–Crippen LogP) is 11.6. The molecule has 0 heterocycles. The number of hydrogen-bond acceptors (Lipinski definition) is 3. The molecule has 0 aliphatic rings. The molecule has 0 saturated carbocycles. The third kappa shape index (κ3) is 33.0. The van der Waals surface area contributed by atoms with Crippen molar-refractivity contribution in [3.63, 3.8) is 0 Å². The number of allylic oxidation sites excluding steroid dienone is 3. The van der Waals surface area contributed by atoms with Gasteiger partial charge in [0.15, 0.2) is 0 Å². The average molecular weight is 549 g/mol. The van der Waals surface area contributed by atoms with E-state index in [9.17, 15) is 9.90 Å². The van der Waals surface area contributed by atoms with Crippen molar-refractivity contribution in [3.8, 4) is 0 Å². The van der Waals surface area contributed by atoms with Crippen molar-refractivity contribution >= 4 is 5.97 Å². The summed E-state index contributed by atoms with van der Waals surface area (Å²) in [4.78, 5) is 11.9. The molecule has 0 spiro atoms. The van der Waals surface area contributed by atoms with Crippen LogP contribution in [0.2, 0.25) is 0 Å². The summed E-state index contributed by atoms with van der Waals surface area (Å²) in [6, 6.07) is 0. The number of ether oxygens (including phenoxy) is 1. The summed E-state index contributed by atoms with van der Waals surface area (Å²) in [5.41, 5.74) is 0. The van der Waals surface area contributed by atoms with Gasteiger partial charge in [-0.2, -0.15) is 0 Å². The van der Waals surface area contributed by atoms with Crippen molar-refractivity contribution in [2.45, 2.75) is 193 Å². The van der Waals surface area contributed by atoms with Crippen LogP contribution in [0.1, 0.15) is 187 Å². The number of hydrogen-bond donors (Lipinski definition) is 1. The molecule has 0 bridgehead atoms. The number of esters is 1. The van der Waals surface area contributed by atoms with E-state index in [0.717, 1.165) is 44.9 Å². The zero-order valence-electron chi connectivity index (χ0n) is 26.4. The van der Waals surface area contributed by atoms with E-state index in [-0.39, 0.29) is 12.1 Å². The van der Waals surface area contributed by atoms with E-state index in [1.54, 1.807) is 0 Å². The molecule has 0 rings (SSSR count). The van der Waals surface area contributed by atoms with Crippen molar-refractivity contribution in [2.75, 3.05) is 6.61 Å². The first-order valence-corrected chi connectivity index (χ1v) is 17.3. The number of aliphatic hydroxyl groups excluding tert-OH is 1. The molecule has 0 fully saturated rings. The lowest BCUT2D eigenvalue weighted by Gasteiger charge is -2.07. The second-order valence-corrected chi connectivity index (χ2v) is 11.7. The first-order valence-electron chi connectivity index (χ1n) is 17.3. The number of carbonyl (C=O) groups excluding carboxylic acids is 1. The Morgan fingerprint density at radius 1 is 0.564 bits per heavy atom. The lowest BCUT2D eigenvalue weighted by molar-refractivity contribution is -0.143. The van der Waals surface area contributed by atoms with Crippen molar-refractivity contribution in [1.29, 1.82) is 0 Å². The second kappa shape index (κ2) is 33.1. The molecule has 3 heteroatoms. The summed E-state index contributed by atoms with van der Waals surface area (Å²) in [5.74, 6) is -0.0149. The molecule has 0 aliphatic carbocycles. The molecule has 0 radical (unpaired) electrons. The Morgan fingerprint density at radius 2 is 1.00 bits per heavy atom. The Hall–Kier alpha value is -1.09. The Labute approximate surface area is 244 Å². The minimum absolute atomic E-state index is 0.0149. The van der Waals surface area contributed by atoms with E-state index in [1.807, 2.05) is 0 Å². The lowest BCUT2D eigenvalue weighted by Crippen LogP contribution is -2.05. The highest BCUT2D eigenvalue weighted by atomic mass is 16.5. The number of rotatable bonds is 31. The maximum Gasteiger partial charge on any atom is 0.305 e. The van der Waals surface area contributed by atoms with Gasteiger partial charge in [-0.1, -0.05) is 141 Å². The molecule has 0 amide bonds. The Bertz CT molecular complexity index is 539. The summed E-state index contributed by atoms with van der Waals surface area (Å²) in [6.45, 7) is 5.09. The van der Waals surface area contributed by atoms with Gasteiger partial charge in [0.05, 0.1) is 12.7 Å².